The number of piperidine rings is 1. The fourth-order valence-corrected chi connectivity index (χ4v) is 4.05. The van der Waals surface area contributed by atoms with Gasteiger partial charge in [0.1, 0.15) is 11.9 Å². The average Bonchev–Trinajstić information content (AvgIpc) is 3.26. The summed E-state index contributed by atoms with van der Waals surface area (Å²) in [7, 11) is 0. The number of nitrogens with zero attached hydrogens (tertiary/aromatic N) is 2. The molecule has 28 heavy (non-hydrogen) atoms. The summed E-state index contributed by atoms with van der Waals surface area (Å²) in [5, 5.41) is 2.90. The van der Waals surface area contributed by atoms with E-state index >= 15 is 0 Å². The van der Waals surface area contributed by atoms with E-state index in [1.807, 2.05) is 16.7 Å². The number of amides is 3. The Labute approximate surface area is 165 Å². The summed E-state index contributed by atoms with van der Waals surface area (Å²) in [6.45, 7) is 4.49. The number of nitrogens with one attached hydrogen (secondary N) is 1. The molecular weight excluding hydrogens is 361 g/mol. The van der Waals surface area contributed by atoms with E-state index in [2.05, 4.69) is 5.32 Å². The van der Waals surface area contributed by atoms with Crippen LogP contribution in [0.3, 0.4) is 0 Å². The summed E-state index contributed by atoms with van der Waals surface area (Å²) in [4.78, 5) is 41.4. The zero-order valence-electron chi connectivity index (χ0n) is 16.3. The van der Waals surface area contributed by atoms with Gasteiger partial charge in [0.2, 0.25) is 11.8 Å². The van der Waals surface area contributed by atoms with E-state index in [0.29, 0.717) is 37.9 Å². The van der Waals surface area contributed by atoms with Crippen molar-refractivity contribution in [1.82, 2.24) is 15.1 Å². The Morgan fingerprint density at radius 2 is 1.64 bits per heavy atom. The van der Waals surface area contributed by atoms with Crippen LogP contribution in [-0.2, 0) is 9.59 Å². The number of likely N-dealkylation sites (tertiary alicyclic amines) is 2. The second-order valence-corrected chi connectivity index (χ2v) is 7.56. The third-order valence-corrected chi connectivity index (χ3v) is 5.74. The first-order chi connectivity index (χ1) is 13.5. The highest BCUT2D eigenvalue weighted by Crippen LogP contribution is 2.24. The third-order valence-electron chi connectivity index (χ3n) is 5.74. The van der Waals surface area contributed by atoms with Gasteiger partial charge in [0.15, 0.2) is 0 Å². The van der Waals surface area contributed by atoms with Gasteiger partial charge in [-0.05, 0) is 55.9 Å². The average molecular weight is 389 g/mol. The van der Waals surface area contributed by atoms with Crippen molar-refractivity contribution in [1.29, 1.82) is 0 Å². The van der Waals surface area contributed by atoms with Crippen molar-refractivity contribution in [3.05, 3.63) is 35.6 Å². The zero-order chi connectivity index (χ0) is 20.1. The Bertz CT molecular complexity index is 708. The van der Waals surface area contributed by atoms with Crippen molar-refractivity contribution in [2.24, 2.45) is 5.92 Å². The summed E-state index contributed by atoms with van der Waals surface area (Å²) in [5.41, 5.74) is 0.333. The van der Waals surface area contributed by atoms with Gasteiger partial charge in [0.05, 0.1) is 0 Å². The molecule has 0 spiro atoms. The lowest BCUT2D eigenvalue weighted by molar-refractivity contribution is -0.135. The van der Waals surface area contributed by atoms with Gasteiger partial charge in [-0.1, -0.05) is 6.92 Å². The fourth-order valence-electron chi connectivity index (χ4n) is 4.05. The van der Waals surface area contributed by atoms with Gasteiger partial charge in [-0.2, -0.15) is 0 Å². The van der Waals surface area contributed by atoms with Crippen LogP contribution in [0.1, 0.15) is 49.4 Å². The lowest BCUT2D eigenvalue weighted by Crippen LogP contribution is -2.54. The van der Waals surface area contributed by atoms with Crippen molar-refractivity contribution in [2.45, 2.75) is 45.1 Å². The largest absolute Gasteiger partial charge is 0.343 e. The molecule has 2 heterocycles. The lowest BCUT2D eigenvalue weighted by Gasteiger charge is -2.37. The Balaban J connectivity index is 1.72. The highest BCUT2D eigenvalue weighted by atomic mass is 19.1. The fraction of sp³-hybridized carbons (Fsp3) is 0.571. The number of hydrogen-bond acceptors (Lipinski definition) is 3. The molecule has 3 amide bonds. The van der Waals surface area contributed by atoms with Gasteiger partial charge in [0, 0.05) is 38.2 Å². The Morgan fingerprint density at radius 3 is 2.21 bits per heavy atom. The molecule has 152 valence electrons. The van der Waals surface area contributed by atoms with E-state index in [-0.39, 0.29) is 23.6 Å². The number of carbonyl (C=O) groups excluding carboxylic acids is 3. The van der Waals surface area contributed by atoms with Crippen molar-refractivity contribution >= 4 is 17.7 Å². The van der Waals surface area contributed by atoms with E-state index in [1.165, 1.54) is 24.3 Å². The molecule has 0 aromatic heterocycles. The van der Waals surface area contributed by atoms with Crippen molar-refractivity contribution < 1.29 is 18.8 Å². The molecule has 2 fully saturated rings. The molecule has 2 aliphatic rings. The summed E-state index contributed by atoms with van der Waals surface area (Å²) in [6.07, 6.45) is 3.79. The van der Waals surface area contributed by atoms with Crippen LogP contribution in [0.5, 0.6) is 0 Å². The second kappa shape index (κ2) is 9.17. The molecule has 1 N–H and O–H groups in total. The molecular formula is C21H28FN3O3. The molecule has 0 radical (unpaired) electrons. The number of rotatable bonds is 5. The van der Waals surface area contributed by atoms with Crippen LogP contribution >= 0.6 is 0 Å². The standard InChI is InChI=1S/C21H28FN3O3/c1-2-18(26)24-13-9-15(10-14-24)19(21(28)25-11-3-4-12-25)23-20(27)16-5-7-17(22)8-6-16/h5-8,15,19H,2-4,9-14H2,1H3,(H,23,27)/t19-/m1/s1. The van der Waals surface area contributed by atoms with E-state index in [4.69, 9.17) is 0 Å². The van der Waals surface area contributed by atoms with Gasteiger partial charge in [-0.25, -0.2) is 4.39 Å². The lowest BCUT2D eigenvalue weighted by atomic mass is 9.88. The molecule has 3 rings (SSSR count). The normalized spacial score (nSPS) is 18.8. The predicted octanol–water partition coefficient (Wildman–Crippen LogP) is 2.20. The summed E-state index contributed by atoms with van der Waals surface area (Å²) in [6, 6.07) is 4.70. The summed E-state index contributed by atoms with van der Waals surface area (Å²) >= 11 is 0. The van der Waals surface area contributed by atoms with Gasteiger partial charge in [-0.3, -0.25) is 14.4 Å². The number of carbonyl (C=O) groups is 3. The minimum atomic E-state index is -0.616. The smallest absolute Gasteiger partial charge is 0.251 e. The third kappa shape index (κ3) is 4.69. The first kappa shape index (κ1) is 20.3. The zero-order valence-corrected chi connectivity index (χ0v) is 16.3. The van der Waals surface area contributed by atoms with Crippen molar-refractivity contribution in [2.75, 3.05) is 26.2 Å². The predicted molar refractivity (Wildman–Crippen MR) is 103 cm³/mol. The maximum absolute atomic E-state index is 13.1. The maximum Gasteiger partial charge on any atom is 0.251 e. The molecule has 1 aromatic carbocycles. The summed E-state index contributed by atoms with van der Waals surface area (Å²) in [5.74, 6) is -0.721. The molecule has 0 saturated carbocycles. The number of halogens is 1. The van der Waals surface area contributed by atoms with Gasteiger partial charge in [-0.15, -0.1) is 0 Å². The quantitative estimate of drug-likeness (QED) is 0.839. The number of benzene rings is 1. The minimum Gasteiger partial charge on any atom is -0.343 e. The van der Waals surface area contributed by atoms with Crippen LogP contribution in [0.2, 0.25) is 0 Å². The minimum absolute atomic E-state index is 0.0154. The molecule has 0 unspecified atom stereocenters. The van der Waals surface area contributed by atoms with Gasteiger partial charge in [0.25, 0.3) is 5.91 Å². The van der Waals surface area contributed by atoms with Crippen LogP contribution in [0.15, 0.2) is 24.3 Å². The van der Waals surface area contributed by atoms with Crippen LogP contribution in [0.4, 0.5) is 4.39 Å². The monoisotopic (exact) mass is 389 g/mol. The Hall–Kier alpha value is -2.44. The first-order valence-corrected chi connectivity index (χ1v) is 10.1. The molecule has 6 nitrogen and oxygen atoms in total. The van der Waals surface area contributed by atoms with Gasteiger partial charge >= 0.3 is 0 Å². The Morgan fingerprint density at radius 1 is 1.04 bits per heavy atom. The molecule has 0 aliphatic carbocycles. The van der Waals surface area contributed by atoms with Crippen molar-refractivity contribution in [3.8, 4) is 0 Å². The molecule has 0 bridgehead atoms. The van der Waals surface area contributed by atoms with E-state index < -0.39 is 11.9 Å². The second-order valence-electron chi connectivity index (χ2n) is 7.56. The SMILES string of the molecule is CCC(=O)N1CCC([C@@H](NC(=O)c2ccc(F)cc2)C(=O)N2CCCC2)CC1. The topological polar surface area (TPSA) is 69.7 Å². The van der Waals surface area contributed by atoms with Crippen LogP contribution in [-0.4, -0.2) is 59.7 Å². The molecule has 7 heteroatoms. The van der Waals surface area contributed by atoms with Crippen LogP contribution < -0.4 is 5.32 Å². The number of hydrogen-bond donors (Lipinski definition) is 1. The van der Waals surface area contributed by atoms with E-state index in [0.717, 1.165) is 25.9 Å². The molecule has 1 aromatic rings. The van der Waals surface area contributed by atoms with Crippen LogP contribution in [0, 0.1) is 11.7 Å². The maximum atomic E-state index is 13.1. The molecule has 1 atom stereocenters. The Kier molecular flexibility index (Phi) is 6.65. The highest BCUT2D eigenvalue weighted by molar-refractivity contribution is 5.97. The van der Waals surface area contributed by atoms with Gasteiger partial charge < -0.3 is 15.1 Å². The van der Waals surface area contributed by atoms with E-state index in [9.17, 15) is 18.8 Å². The highest BCUT2D eigenvalue weighted by Gasteiger charge is 2.36. The summed E-state index contributed by atoms with van der Waals surface area (Å²) < 4.78 is 13.1. The van der Waals surface area contributed by atoms with Crippen molar-refractivity contribution in [3.63, 3.8) is 0 Å². The molecule has 2 saturated heterocycles. The first-order valence-electron chi connectivity index (χ1n) is 10.1. The van der Waals surface area contributed by atoms with Crippen LogP contribution in [0.25, 0.3) is 0 Å². The molecule has 2 aliphatic heterocycles. The van der Waals surface area contributed by atoms with E-state index in [1.54, 1.807) is 0 Å².